The van der Waals surface area contributed by atoms with Crippen molar-refractivity contribution in [3.05, 3.63) is 0 Å². The molecule has 0 radical (unpaired) electrons. The second-order valence-electron chi connectivity index (χ2n) is 6.54. The van der Waals surface area contributed by atoms with Crippen LogP contribution in [0.4, 0.5) is 0 Å². The summed E-state index contributed by atoms with van der Waals surface area (Å²) in [5.41, 5.74) is 5.61. The van der Waals surface area contributed by atoms with Crippen LogP contribution in [0.25, 0.3) is 0 Å². The van der Waals surface area contributed by atoms with E-state index in [4.69, 9.17) is 21.1 Å². The number of hydrogen-bond donors (Lipinski definition) is 7. The quantitative estimate of drug-likeness (QED) is 0.166. The third kappa shape index (κ3) is 10.6. The number of carboxylic acid groups (broad SMARTS) is 3. The van der Waals surface area contributed by atoms with Gasteiger partial charge in [-0.3, -0.25) is 24.0 Å². The first-order chi connectivity index (χ1) is 13.3. The molecule has 0 aromatic rings. The minimum Gasteiger partial charge on any atom is -0.481 e. The Kier molecular flexibility index (Phi) is 10.9. The summed E-state index contributed by atoms with van der Waals surface area (Å²) < 4.78 is 0. The zero-order chi connectivity index (χ0) is 22.7. The van der Waals surface area contributed by atoms with Crippen molar-refractivity contribution < 1.29 is 44.1 Å². The first kappa shape index (κ1) is 25.8. The lowest BCUT2D eigenvalue weighted by atomic mass is 10.1. The van der Waals surface area contributed by atoms with Crippen molar-refractivity contribution in [2.45, 2.75) is 51.2 Å². The Morgan fingerprint density at radius 3 is 1.90 bits per heavy atom. The van der Waals surface area contributed by atoms with E-state index in [1.807, 2.05) is 5.32 Å². The van der Waals surface area contributed by atoms with Crippen LogP contribution in [0.5, 0.6) is 0 Å². The predicted molar refractivity (Wildman–Crippen MR) is 96.4 cm³/mol. The molecule has 0 fully saturated rings. The molecule has 0 heterocycles. The summed E-state index contributed by atoms with van der Waals surface area (Å²) in [5, 5.41) is 32.9. The molecule has 0 saturated carbocycles. The van der Waals surface area contributed by atoms with E-state index >= 15 is 0 Å². The molecule has 3 amide bonds. The minimum absolute atomic E-state index is 0.192. The molecule has 3 unspecified atom stereocenters. The van der Waals surface area contributed by atoms with Crippen LogP contribution in [0.15, 0.2) is 0 Å². The van der Waals surface area contributed by atoms with Gasteiger partial charge in [-0.1, -0.05) is 13.8 Å². The zero-order valence-corrected chi connectivity index (χ0v) is 16.0. The second-order valence-corrected chi connectivity index (χ2v) is 6.54. The van der Waals surface area contributed by atoms with Crippen LogP contribution in [0.3, 0.4) is 0 Å². The van der Waals surface area contributed by atoms with Gasteiger partial charge in [0.15, 0.2) is 0 Å². The summed E-state index contributed by atoms with van der Waals surface area (Å²) in [6.07, 6.45) is -1.84. The van der Waals surface area contributed by atoms with Crippen molar-refractivity contribution >= 4 is 35.6 Å². The fraction of sp³-hybridized carbons (Fsp3) is 0.625. The van der Waals surface area contributed by atoms with Crippen molar-refractivity contribution in [2.75, 3.05) is 6.54 Å². The number of carboxylic acids is 3. The van der Waals surface area contributed by atoms with Crippen LogP contribution in [0.1, 0.15) is 33.1 Å². The minimum atomic E-state index is -1.64. The Bertz CT molecular complexity index is 650. The molecular formula is C16H26N4O9. The maximum Gasteiger partial charge on any atom is 0.326 e. The Morgan fingerprint density at radius 2 is 1.45 bits per heavy atom. The fourth-order valence-electron chi connectivity index (χ4n) is 2.01. The van der Waals surface area contributed by atoms with Crippen molar-refractivity contribution in [2.24, 2.45) is 11.7 Å². The smallest absolute Gasteiger partial charge is 0.326 e. The number of nitrogens with one attached hydrogen (secondary N) is 3. The molecular weight excluding hydrogens is 392 g/mol. The van der Waals surface area contributed by atoms with E-state index < -0.39 is 79.6 Å². The Balaban J connectivity index is 4.96. The average Bonchev–Trinajstić information content (AvgIpc) is 2.60. The van der Waals surface area contributed by atoms with E-state index in [2.05, 4.69) is 10.6 Å². The first-order valence-electron chi connectivity index (χ1n) is 8.64. The van der Waals surface area contributed by atoms with E-state index in [9.17, 15) is 28.8 Å². The molecule has 0 bridgehead atoms. The average molecular weight is 418 g/mol. The van der Waals surface area contributed by atoms with Crippen LogP contribution < -0.4 is 21.7 Å². The second kappa shape index (κ2) is 12.3. The van der Waals surface area contributed by atoms with E-state index in [1.165, 1.54) is 0 Å². The van der Waals surface area contributed by atoms with Crippen LogP contribution in [0.2, 0.25) is 0 Å². The van der Waals surface area contributed by atoms with Gasteiger partial charge in [0.05, 0.1) is 19.0 Å². The summed E-state index contributed by atoms with van der Waals surface area (Å²) in [5.74, 6) is -7.08. The van der Waals surface area contributed by atoms with Crippen molar-refractivity contribution in [3.63, 3.8) is 0 Å². The van der Waals surface area contributed by atoms with Gasteiger partial charge in [0, 0.05) is 6.42 Å². The number of carbonyl (C=O) groups excluding carboxylic acids is 3. The maximum atomic E-state index is 12.2. The molecule has 0 aromatic heterocycles. The molecule has 0 spiro atoms. The lowest BCUT2D eigenvalue weighted by Gasteiger charge is -2.20. The number of hydrogen-bond acceptors (Lipinski definition) is 7. The van der Waals surface area contributed by atoms with Crippen LogP contribution in [-0.2, 0) is 28.8 Å². The van der Waals surface area contributed by atoms with Gasteiger partial charge in [-0.2, -0.15) is 0 Å². The summed E-state index contributed by atoms with van der Waals surface area (Å²) in [6.45, 7) is 2.81. The van der Waals surface area contributed by atoms with Gasteiger partial charge in [0.25, 0.3) is 0 Å². The highest BCUT2D eigenvalue weighted by Crippen LogP contribution is 2.01. The normalized spacial score (nSPS) is 13.7. The lowest BCUT2D eigenvalue weighted by molar-refractivity contribution is -0.144. The van der Waals surface area contributed by atoms with Gasteiger partial charge in [-0.15, -0.1) is 0 Å². The van der Waals surface area contributed by atoms with Crippen molar-refractivity contribution in [1.82, 2.24) is 16.0 Å². The molecule has 13 heteroatoms. The third-order valence-electron chi connectivity index (χ3n) is 3.74. The molecule has 164 valence electrons. The molecule has 0 saturated heterocycles. The third-order valence-corrected chi connectivity index (χ3v) is 3.74. The van der Waals surface area contributed by atoms with Crippen LogP contribution in [0, 0.1) is 5.92 Å². The van der Waals surface area contributed by atoms with Gasteiger partial charge in [0.2, 0.25) is 17.7 Å². The van der Waals surface area contributed by atoms with Gasteiger partial charge in [-0.05, 0) is 12.3 Å². The lowest BCUT2D eigenvalue weighted by Crippen LogP contribution is -2.54. The maximum absolute atomic E-state index is 12.2. The molecule has 3 atom stereocenters. The van der Waals surface area contributed by atoms with Gasteiger partial charge in [-0.25, -0.2) is 4.79 Å². The standard InChI is InChI=1S/C16H26N4O9/c1-7(2)13(17)15(27)18-6-10(21)19-9(5-12(24)25)14(26)20-8(16(28)29)3-4-11(22)23/h7-9,13H,3-6,17H2,1-2H3,(H,18,27)(H,19,21)(H,20,26)(H,22,23)(H,24,25)(H,28,29). The Morgan fingerprint density at radius 1 is 0.862 bits per heavy atom. The van der Waals surface area contributed by atoms with Gasteiger partial charge in [0.1, 0.15) is 12.1 Å². The summed E-state index contributed by atoms with van der Waals surface area (Å²) in [4.78, 5) is 68.5. The monoisotopic (exact) mass is 418 g/mol. The number of nitrogens with two attached hydrogens (primary N) is 1. The van der Waals surface area contributed by atoms with E-state index in [0.717, 1.165) is 0 Å². The van der Waals surface area contributed by atoms with Crippen molar-refractivity contribution in [3.8, 4) is 0 Å². The summed E-state index contributed by atoms with van der Waals surface area (Å²) in [7, 11) is 0. The highest BCUT2D eigenvalue weighted by molar-refractivity contribution is 5.94. The molecule has 29 heavy (non-hydrogen) atoms. The summed E-state index contributed by atoms with van der Waals surface area (Å²) in [6, 6.07) is -4.09. The molecule has 0 aromatic carbocycles. The first-order valence-corrected chi connectivity index (χ1v) is 8.64. The predicted octanol–water partition coefficient (Wildman–Crippen LogP) is -2.52. The molecule has 0 aliphatic heterocycles. The number of aliphatic carboxylic acids is 3. The highest BCUT2D eigenvalue weighted by Gasteiger charge is 2.29. The Labute approximate surface area is 166 Å². The SMILES string of the molecule is CC(C)C(N)C(=O)NCC(=O)NC(CC(=O)O)C(=O)NC(CCC(=O)O)C(=O)O. The number of amides is 3. The highest BCUT2D eigenvalue weighted by atomic mass is 16.4. The van der Waals surface area contributed by atoms with Crippen LogP contribution >= 0.6 is 0 Å². The van der Waals surface area contributed by atoms with Crippen LogP contribution in [-0.4, -0.2) is 75.6 Å². The zero-order valence-electron chi connectivity index (χ0n) is 16.0. The number of rotatable bonds is 13. The molecule has 0 aliphatic rings. The molecule has 0 rings (SSSR count). The van der Waals surface area contributed by atoms with E-state index in [1.54, 1.807) is 13.8 Å². The van der Waals surface area contributed by atoms with E-state index in [0.29, 0.717) is 0 Å². The topological polar surface area (TPSA) is 225 Å². The van der Waals surface area contributed by atoms with Crippen molar-refractivity contribution in [1.29, 1.82) is 0 Å². The Hall–Kier alpha value is -3.22. The van der Waals surface area contributed by atoms with Gasteiger partial charge >= 0.3 is 17.9 Å². The van der Waals surface area contributed by atoms with E-state index in [-0.39, 0.29) is 5.92 Å². The molecule has 0 aliphatic carbocycles. The largest absolute Gasteiger partial charge is 0.481 e. The fourth-order valence-corrected chi connectivity index (χ4v) is 2.01. The summed E-state index contributed by atoms with van der Waals surface area (Å²) >= 11 is 0. The number of carbonyl (C=O) groups is 6. The van der Waals surface area contributed by atoms with Gasteiger partial charge < -0.3 is 37.0 Å². The molecule has 13 nitrogen and oxygen atoms in total. The molecule has 8 N–H and O–H groups in total.